The molecule has 106 valence electrons. The van der Waals surface area contributed by atoms with Crippen LogP contribution in [0.1, 0.15) is 20.8 Å². The van der Waals surface area contributed by atoms with Gasteiger partial charge in [0.2, 0.25) is 0 Å². The maximum absolute atomic E-state index is 10.3. The molecule has 0 aromatic rings. The van der Waals surface area contributed by atoms with Crippen LogP contribution in [0, 0.1) is 0 Å². The average Bonchev–Trinajstić information content (AvgIpc) is 2.14. The zero-order valence-electron chi connectivity index (χ0n) is 12.5. The Kier molecular flexibility index (Phi) is 6.81. The van der Waals surface area contributed by atoms with E-state index in [0.717, 1.165) is 6.54 Å². The summed E-state index contributed by atoms with van der Waals surface area (Å²) in [7, 11) is 0.300. The van der Waals surface area contributed by atoms with Crippen LogP contribution >= 0.6 is 0 Å². The molecular formula is C13H27NO3Si. The summed E-state index contributed by atoms with van der Waals surface area (Å²) in [6, 6.07) is 0. The number of carboxylic acid groups (broad SMARTS) is 1. The molecule has 0 aliphatic heterocycles. The van der Waals surface area contributed by atoms with Crippen LogP contribution < -0.4 is 0 Å². The first kappa shape index (κ1) is 17.3. The van der Waals surface area contributed by atoms with Crippen LogP contribution in [0.2, 0.25) is 18.1 Å². The lowest BCUT2D eigenvalue weighted by Crippen LogP contribution is -2.42. The largest absolute Gasteiger partial charge is 0.478 e. The van der Waals surface area contributed by atoms with Crippen molar-refractivity contribution in [3.8, 4) is 0 Å². The average molecular weight is 273 g/mol. The molecule has 0 aliphatic carbocycles. The van der Waals surface area contributed by atoms with E-state index in [1.54, 1.807) is 6.08 Å². The third-order valence-corrected chi connectivity index (χ3v) is 7.96. The molecule has 0 aliphatic rings. The fourth-order valence-electron chi connectivity index (χ4n) is 1.10. The maximum Gasteiger partial charge on any atom is 0.328 e. The second-order valence-electron chi connectivity index (χ2n) is 6.11. The van der Waals surface area contributed by atoms with Gasteiger partial charge in [0.15, 0.2) is 8.32 Å². The van der Waals surface area contributed by atoms with Crippen molar-refractivity contribution in [2.75, 3.05) is 26.7 Å². The molecule has 0 saturated carbocycles. The van der Waals surface area contributed by atoms with Gasteiger partial charge in [-0.2, -0.15) is 0 Å². The van der Waals surface area contributed by atoms with Crippen LogP contribution in [-0.2, 0) is 9.22 Å². The molecule has 4 nitrogen and oxygen atoms in total. The molecule has 0 aromatic carbocycles. The standard InChI is InChI=1S/C13H27NO3Si/c1-13(2,3)18(5,6)17-11-10-14(4)9-7-8-12(15)16/h7-8H,9-11H2,1-6H3,(H,15,16)/b8-7+. The van der Waals surface area contributed by atoms with Gasteiger partial charge in [-0.1, -0.05) is 26.8 Å². The number of likely N-dealkylation sites (N-methyl/N-ethyl adjacent to an activating group) is 1. The first-order chi connectivity index (χ1) is 8.06. The lowest BCUT2D eigenvalue weighted by molar-refractivity contribution is -0.131. The van der Waals surface area contributed by atoms with Gasteiger partial charge in [0.25, 0.3) is 0 Å². The Balaban J connectivity index is 3.95. The summed E-state index contributed by atoms with van der Waals surface area (Å²) >= 11 is 0. The van der Waals surface area contributed by atoms with E-state index < -0.39 is 14.3 Å². The normalized spacial score (nSPS) is 13.5. The number of hydrogen-bond acceptors (Lipinski definition) is 3. The van der Waals surface area contributed by atoms with Crippen molar-refractivity contribution in [3.05, 3.63) is 12.2 Å². The molecule has 0 atom stereocenters. The fourth-order valence-corrected chi connectivity index (χ4v) is 2.13. The second-order valence-corrected chi connectivity index (χ2v) is 10.9. The molecule has 0 amide bonds. The van der Waals surface area contributed by atoms with Crippen molar-refractivity contribution < 1.29 is 14.3 Å². The number of hydrogen-bond donors (Lipinski definition) is 1. The summed E-state index contributed by atoms with van der Waals surface area (Å²) < 4.78 is 6.05. The molecule has 0 heterocycles. The highest BCUT2D eigenvalue weighted by Gasteiger charge is 2.36. The fraction of sp³-hybridized carbons (Fsp3) is 0.769. The Bertz CT molecular complexity index is 295. The summed E-state index contributed by atoms with van der Waals surface area (Å²) in [5.74, 6) is -0.902. The van der Waals surface area contributed by atoms with Gasteiger partial charge in [-0.3, -0.25) is 0 Å². The molecule has 0 rings (SSSR count). The summed E-state index contributed by atoms with van der Waals surface area (Å²) in [5.41, 5.74) is 0. The molecule has 0 unspecified atom stereocenters. The van der Waals surface area contributed by atoms with Crippen molar-refractivity contribution in [1.29, 1.82) is 0 Å². The van der Waals surface area contributed by atoms with Gasteiger partial charge in [-0.15, -0.1) is 0 Å². The number of aliphatic carboxylic acids is 1. The Morgan fingerprint density at radius 3 is 2.39 bits per heavy atom. The molecule has 0 saturated heterocycles. The van der Waals surface area contributed by atoms with Crippen LogP contribution in [0.25, 0.3) is 0 Å². The van der Waals surface area contributed by atoms with Crippen molar-refractivity contribution >= 4 is 14.3 Å². The molecule has 0 fully saturated rings. The SMILES string of the molecule is CN(C/C=C/C(=O)O)CCO[Si](C)(C)C(C)(C)C. The van der Waals surface area contributed by atoms with E-state index in [-0.39, 0.29) is 5.04 Å². The van der Waals surface area contributed by atoms with E-state index in [9.17, 15) is 4.79 Å². The van der Waals surface area contributed by atoms with Crippen molar-refractivity contribution in [2.24, 2.45) is 0 Å². The van der Waals surface area contributed by atoms with Crippen molar-refractivity contribution in [3.63, 3.8) is 0 Å². The number of carbonyl (C=O) groups is 1. The predicted octanol–water partition coefficient (Wildman–Crippen LogP) is 2.58. The van der Waals surface area contributed by atoms with E-state index in [2.05, 4.69) is 33.9 Å². The zero-order chi connectivity index (χ0) is 14.4. The van der Waals surface area contributed by atoms with Crippen LogP contribution in [-0.4, -0.2) is 51.0 Å². The van der Waals surface area contributed by atoms with Gasteiger partial charge in [0.05, 0.1) is 0 Å². The van der Waals surface area contributed by atoms with Gasteiger partial charge in [0.1, 0.15) is 0 Å². The van der Waals surface area contributed by atoms with Crippen molar-refractivity contribution in [2.45, 2.75) is 38.9 Å². The van der Waals surface area contributed by atoms with E-state index in [4.69, 9.17) is 9.53 Å². The monoisotopic (exact) mass is 273 g/mol. The maximum atomic E-state index is 10.3. The van der Waals surface area contributed by atoms with Gasteiger partial charge < -0.3 is 14.4 Å². The van der Waals surface area contributed by atoms with Crippen LogP contribution in [0.5, 0.6) is 0 Å². The molecular weight excluding hydrogens is 246 g/mol. The van der Waals surface area contributed by atoms with Crippen LogP contribution in [0.4, 0.5) is 0 Å². The summed E-state index contributed by atoms with van der Waals surface area (Å²) in [4.78, 5) is 12.4. The quantitative estimate of drug-likeness (QED) is 0.572. The van der Waals surface area contributed by atoms with Gasteiger partial charge in [-0.25, -0.2) is 4.79 Å². The molecule has 0 radical (unpaired) electrons. The predicted molar refractivity (Wildman–Crippen MR) is 77.4 cm³/mol. The zero-order valence-corrected chi connectivity index (χ0v) is 13.5. The second kappa shape index (κ2) is 7.06. The number of nitrogens with zero attached hydrogens (tertiary/aromatic N) is 1. The topological polar surface area (TPSA) is 49.8 Å². The molecule has 5 heteroatoms. The molecule has 1 N–H and O–H groups in total. The highest BCUT2D eigenvalue weighted by molar-refractivity contribution is 6.74. The smallest absolute Gasteiger partial charge is 0.328 e. The Morgan fingerprint density at radius 1 is 1.39 bits per heavy atom. The number of rotatable bonds is 7. The van der Waals surface area contributed by atoms with Gasteiger partial charge in [0, 0.05) is 25.8 Å². The first-order valence-corrected chi connectivity index (χ1v) is 9.19. The van der Waals surface area contributed by atoms with E-state index in [1.165, 1.54) is 6.08 Å². The Labute approximate surface area is 112 Å². The van der Waals surface area contributed by atoms with Crippen LogP contribution in [0.15, 0.2) is 12.2 Å². The number of carboxylic acids is 1. The Hall–Kier alpha value is -0.653. The third kappa shape index (κ3) is 6.93. The minimum absolute atomic E-state index is 0.231. The Morgan fingerprint density at radius 2 is 1.94 bits per heavy atom. The van der Waals surface area contributed by atoms with Gasteiger partial charge in [-0.05, 0) is 25.2 Å². The lowest BCUT2D eigenvalue weighted by atomic mass is 10.2. The minimum Gasteiger partial charge on any atom is -0.478 e. The molecule has 18 heavy (non-hydrogen) atoms. The highest BCUT2D eigenvalue weighted by atomic mass is 28.4. The van der Waals surface area contributed by atoms with Crippen LogP contribution in [0.3, 0.4) is 0 Å². The van der Waals surface area contributed by atoms with Crippen molar-refractivity contribution in [1.82, 2.24) is 4.90 Å². The summed E-state index contributed by atoms with van der Waals surface area (Å²) in [6.45, 7) is 13.3. The molecule has 0 spiro atoms. The highest BCUT2D eigenvalue weighted by Crippen LogP contribution is 2.36. The lowest BCUT2D eigenvalue weighted by Gasteiger charge is -2.36. The molecule has 0 aromatic heterocycles. The summed E-state index contributed by atoms with van der Waals surface area (Å²) in [6.07, 6.45) is 2.82. The molecule has 0 bridgehead atoms. The third-order valence-electron chi connectivity index (χ3n) is 3.42. The first-order valence-electron chi connectivity index (χ1n) is 6.28. The minimum atomic E-state index is -1.66. The van der Waals surface area contributed by atoms with E-state index >= 15 is 0 Å². The van der Waals surface area contributed by atoms with E-state index in [1.807, 2.05) is 11.9 Å². The summed E-state index contributed by atoms with van der Waals surface area (Å²) in [5, 5.41) is 8.71. The van der Waals surface area contributed by atoms with E-state index in [0.29, 0.717) is 13.2 Å². The van der Waals surface area contributed by atoms with Gasteiger partial charge >= 0.3 is 5.97 Å².